The van der Waals surface area contributed by atoms with Crippen molar-refractivity contribution in [2.45, 2.75) is 12.3 Å². The zero-order valence-corrected chi connectivity index (χ0v) is 16.3. The molecule has 2 amide bonds. The third kappa shape index (κ3) is 3.77. The van der Waals surface area contributed by atoms with Crippen molar-refractivity contribution in [3.8, 4) is 0 Å². The molecular formula is C21H18N2O2S2. The number of carbonyl (C=O) groups excluding carboxylic acids is 2. The summed E-state index contributed by atoms with van der Waals surface area (Å²) in [6.07, 6.45) is 0. The van der Waals surface area contributed by atoms with Gasteiger partial charge < -0.3 is 5.32 Å². The van der Waals surface area contributed by atoms with Crippen LogP contribution in [0.2, 0.25) is 0 Å². The number of anilines is 2. The Morgan fingerprint density at radius 2 is 1.96 bits per heavy atom. The lowest BCUT2D eigenvalue weighted by molar-refractivity contribution is -0.115. The van der Waals surface area contributed by atoms with Crippen LogP contribution in [-0.2, 0) is 4.79 Å². The van der Waals surface area contributed by atoms with Crippen molar-refractivity contribution in [3.05, 3.63) is 82.0 Å². The van der Waals surface area contributed by atoms with Crippen LogP contribution in [0.4, 0.5) is 11.4 Å². The number of nitrogens with one attached hydrogen (secondary N) is 1. The summed E-state index contributed by atoms with van der Waals surface area (Å²) in [5.74, 6) is 0.432. The molecule has 1 aromatic heterocycles. The first-order chi connectivity index (χ1) is 13.1. The SMILES string of the molecule is Cc1cccc(N2C(=O)CSC2c2cccc(NC(=O)c3cccs3)c2)c1. The molecule has 27 heavy (non-hydrogen) atoms. The third-order valence-corrected chi connectivity index (χ3v) is 6.40. The number of carbonyl (C=O) groups is 2. The van der Waals surface area contributed by atoms with Crippen molar-refractivity contribution in [1.29, 1.82) is 0 Å². The molecular weight excluding hydrogens is 376 g/mol. The molecule has 1 aliphatic heterocycles. The number of hydrogen-bond acceptors (Lipinski definition) is 4. The molecule has 1 N–H and O–H groups in total. The minimum Gasteiger partial charge on any atom is -0.321 e. The highest BCUT2D eigenvalue weighted by Crippen LogP contribution is 2.42. The standard InChI is InChI=1S/C21H18N2O2S2/c1-14-5-2-8-17(11-14)23-19(24)13-27-21(23)15-6-3-7-16(12-15)22-20(25)18-9-4-10-26-18/h2-12,21H,13H2,1H3,(H,22,25). The second-order valence-corrected chi connectivity index (χ2v) is 8.34. The van der Waals surface area contributed by atoms with Gasteiger partial charge in [0.1, 0.15) is 5.37 Å². The van der Waals surface area contributed by atoms with Crippen LogP contribution in [0.25, 0.3) is 0 Å². The average Bonchev–Trinajstić information content (AvgIpc) is 3.32. The maximum Gasteiger partial charge on any atom is 0.265 e. The Morgan fingerprint density at radius 1 is 1.11 bits per heavy atom. The van der Waals surface area contributed by atoms with E-state index in [1.54, 1.807) is 17.8 Å². The topological polar surface area (TPSA) is 49.4 Å². The van der Waals surface area contributed by atoms with Crippen LogP contribution in [0, 0.1) is 6.92 Å². The van der Waals surface area contributed by atoms with E-state index >= 15 is 0 Å². The van der Waals surface area contributed by atoms with Crippen molar-refractivity contribution in [3.63, 3.8) is 0 Å². The molecule has 1 saturated heterocycles. The number of benzene rings is 2. The van der Waals surface area contributed by atoms with Crippen molar-refractivity contribution < 1.29 is 9.59 Å². The van der Waals surface area contributed by atoms with Gasteiger partial charge in [0.15, 0.2) is 0 Å². The van der Waals surface area contributed by atoms with E-state index in [0.717, 1.165) is 22.5 Å². The van der Waals surface area contributed by atoms with Gasteiger partial charge in [0.2, 0.25) is 5.91 Å². The van der Waals surface area contributed by atoms with E-state index in [4.69, 9.17) is 0 Å². The molecule has 1 aliphatic rings. The van der Waals surface area contributed by atoms with Gasteiger partial charge in [0.25, 0.3) is 5.91 Å². The average molecular weight is 395 g/mol. The summed E-state index contributed by atoms with van der Waals surface area (Å²) in [5, 5.41) is 4.72. The van der Waals surface area contributed by atoms with Gasteiger partial charge in [-0.15, -0.1) is 23.1 Å². The van der Waals surface area contributed by atoms with Crippen LogP contribution in [0.1, 0.15) is 26.2 Å². The number of nitrogens with zero attached hydrogens (tertiary/aromatic N) is 1. The zero-order valence-electron chi connectivity index (χ0n) is 14.7. The molecule has 1 fully saturated rings. The summed E-state index contributed by atoms with van der Waals surface area (Å²) >= 11 is 3.01. The van der Waals surface area contributed by atoms with E-state index in [-0.39, 0.29) is 17.2 Å². The summed E-state index contributed by atoms with van der Waals surface area (Å²) in [5.41, 5.74) is 3.75. The molecule has 136 valence electrons. The maximum atomic E-state index is 12.5. The molecule has 4 nitrogen and oxygen atoms in total. The molecule has 1 atom stereocenters. The molecule has 0 aliphatic carbocycles. The van der Waals surface area contributed by atoms with E-state index < -0.39 is 0 Å². The van der Waals surface area contributed by atoms with E-state index in [1.165, 1.54) is 11.3 Å². The first kappa shape index (κ1) is 17.8. The highest BCUT2D eigenvalue weighted by atomic mass is 32.2. The van der Waals surface area contributed by atoms with Crippen LogP contribution in [-0.4, -0.2) is 17.6 Å². The van der Waals surface area contributed by atoms with E-state index in [9.17, 15) is 9.59 Å². The lowest BCUT2D eigenvalue weighted by atomic mass is 10.1. The molecule has 2 aromatic carbocycles. The van der Waals surface area contributed by atoms with E-state index in [1.807, 2.05) is 71.8 Å². The Hall–Kier alpha value is -2.57. The molecule has 6 heteroatoms. The molecule has 0 spiro atoms. The second kappa shape index (κ2) is 7.58. The van der Waals surface area contributed by atoms with Gasteiger partial charge in [-0.05, 0) is 53.8 Å². The number of amides is 2. The highest BCUT2D eigenvalue weighted by Gasteiger charge is 2.34. The van der Waals surface area contributed by atoms with Crippen LogP contribution < -0.4 is 10.2 Å². The number of hydrogen-bond donors (Lipinski definition) is 1. The Morgan fingerprint density at radius 3 is 2.74 bits per heavy atom. The zero-order chi connectivity index (χ0) is 18.8. The van der Waals surface area contributed by atoms with Crippen molar-refractivity contribution in [2.24, 2.45) is 0 Å². The monoisotopic (exact) mass is 394 g/mol. The molecule has 0 bridgehead atoms. The van der Waals surface area contributed by atoms with E-state index in [2.05, 4.69) is 5.32 Å². The molecule has 3 aromatic rings. The number of aryl methyl sites for hydroxylation is 1. The van der Waals surface area contributed by atoms with Crippen LogP contribution in [0.15, 0.2) is 66.0 Å². The lowest BCUT2D eigenvalue weighted by Crippen LogP contribution is -2.27. The Labute approximate surface area is 166 Å². The predicted octanol–water partition coefficient (Wildman–Crippen LogP) is 5.09. The normalized spacial score (nSPS) is 16.6. The highest BCUT2D eigenvalue weighted by molar-refractivity contribution is 8.00. The lowest BCUT2D eigenvalue weighted by Gasteiger charge is -2.25. The minimum absolute atomic E-state index is 0.0992. The van der Waals surface area contributed by atoms with Crippen LogP contribution in [0.5, 0.6) is 0 Å². The summed E-state index contributed by atoms with van der Waals surface area (Å²) < 4.78 is 0. The van der Waals surface area contributed by atoms with Crippen LogP contribution >= 0.6 is 23.1 Å². The molecule has 2 heterocycles. The van der Waals surface area contributed by atoms with Gasteiger partial charge in [-0.1, -0.05) is 30.3 Å². The van der Waals surface area contributed by atoms with Gasteiger partial charge in [0, 0.05) is 11.4 Å². The summed E-state index contributed by atoms with van der Waals surface area (Å²) in [7, 11) is 0. The molecule has 0 saturated carbocycles. The summed E-state index contributed by atoms with van der Waals surface area (Å²) in [6, 6.07) is 19.4. The largest absolute Gasteiger partial charge is 0.321 e. The van der Waals surface area contributed by atoms with E-state index in [0.29, 0.717) is 10.6 Å². The predicted molar refractivity (Wildman–Crippen MR) is 113 cm³/mol. The van der Waals surface area contributed by atoms with Gasteiger partial charge in [0.05, 0.1) is 10.6 Å². The summed E-state index contributed by atoms with van der Waals surface area (Å²) in [4.78, 5) is 27.4. The fourth-order valence-electron chi connectivity index (χ4n) is 3.10. The number of thiophene rings is 1. The third-order valence-electron chi connectivity index (χ3n) is 4.32. The number of rotatable bonds is 4. The smallest absolute Gasteiger partial charge is 0.265 e. The quantitative estimate of drug-likeness (QED) is 0.671. The van der Waals surface area contributed by atoms with Crippen molar-refractivity contribution in [2.75, 3.05) is 16.0 Å². The van der Waals surface area contributed by atoms with Gasteiger partial charge in [-0.2, -0.15) is 0 Å². The first-order valence-corrected chi connectivity index (χ1v) is 10.5. The number of thioether (sulfide) groups is 1. The van der Waals surface area contributed by atoms with Crippen LogP contribution in [0.3, 0.4) is 0 Å². The maximum absolute atomic E-state index is 12.5. The van der Waals surface area contributed by atoms with Gasteiger partial charge in [-0.3, -0.25) is 14.5 Å². The first-order valence-electron chi connectivity index (χ1n) is 8.57. The van der Waals surface area contributed by atoms with Gasteiger partial charge in [-0.25, -0.2) is 0 Å². The minimum atomic E-state index is -0.118. The molecule has 0 radical (unpaired) electrons. The van der Waals surface area contributed by atoms with Crippen molar-refractivity contribution in [1.82, 2.24) is 0 Å². The fraction of sp³-hybridized carbons (Fsp3) is 0.143. The Balaban J connectivity index is 1.60. The van der Waals surface area contributed by atoms with Gasteiger partial charge >= 0.3 is 0 Å². The van der Waals surface area contributed by atoms with Crippen molar-refractivity contribution >= 4 is 46.3 Å². The fourth-order valence-corrected chi connectivity index (χ4v) is 4.88. The summed E-state index contributed by atoms with van der Waals surface area (Å²) in [6.45, 7) is 2.02. The second-order valence-electron chi connectivity index (χ2n) is 6.32. The Bertz CT molecular complexity index is 985. The molecule has 1 unspecified atom stereocenters. The molecule has 4 rings (SSSR count). The Kier molecular flexibility index (Phi) is 5.01.